The second-order valence-corrected chi connectivity index (χ2v) is 5.36. The van der Waals surface area contributed by atoms with Gasteiger partial charge in [0.15, 0.2) is 5.82 Å². The Hall–Kier alpha value is -0.320. The van der Waals surface area contributed by atoms with Crippen LogP contribution in [0.1, 0.15) is 5.56 Å². The monoisotopic (exact) mass is 242 g/mol. The lowest BCUT2D eigenvalue weighted by atomic mass is 10.2. The van der Waals surface area contributed by atoms with Crippen LogP contribution in [0, 0.1) is 12.7 Å². The van der Waals surface area contributed by atoms with Crippen molar-refractivity contribution in [2.45, 2.75) is 11.8 Å². The van der Waals surface area contributed by atoms with Gasteiger partial charge in [-0.3, -0.25) is 0 Å². The quantitative estimate of drug-likeness (QED) is 0.710. The van der Waals surface area contributed by atoms with Gasteiger partial charge in [-0.1, -0.05) is 17.7 Å². The fourth-order valence-electron chi connectivity index (χ4n) is 0.817. The minimum atomic E-state index is -4.06. The maximum Gasteiger partial charge on any atom is 0.264 e. The van der Waals surface area contributed by atoms with Gasteiger partial charge in [0.25, 0.3) is 9.05 Å². The molecule has 0 fully saturated rings. The molecule has 72 valence electrons. The first-order valence-electron chi connectivity index (χ1n) is 3.23. The minimum absolute atomic E-state index is 0.221. The Labute approximate surface area is 84.7 Å². The number of rotatable bonds is 1. The second kappa shape index (κ2) is 3.44. The molecule has 0 saturated carbocycles. The molecule has 0 N–H and O–H groups in total. The van der Waals surface area contributed by atoms with Gasteiger partial charge >= 0.3 is 0 Å². The summed E-state index contributed by atoms with van der Waals surface area (Å²) < 4.78 is 34.7. The summed E-state index contributed by atoms with van der Waals surface area (Å²) in [7, 11) is 0.902. The Morgan fingerprint density at radius 2 is 1.92 bits per heavy atom. The Morgan fingerprint density at radius 3 is 2.38 bits per heavy atom. The maximum absolute atomic E-state index is 13.2. The fraction of sp³-hybridized carbons (Fsp3) is 0.143. The van der Waals surface area contributed by atoms with Gasteiger partial charge in [-0.25, -0.2) is 12.8 Å². The molecule has 0 aromatic heterocycles. The van der Waals surface area contributed by atoms with Gasteiger partial charge in [0.05, 0.1) is 5.02 Å². The van der Waals surface area contributed by atoms with Crippen LogP contribution < -0.4 is 0 Å². The topological polar surface area (TPSA) is 34.1 Å². The van der Waals surface area contributed by atoms with Gasteiger partial charge in [-0.15, -0.1) is 0 Å². The lowest BCUT2D eigenvalue weighted by molar-refractivity contribution is 0.575. The predicted molar refractivity (Wildman–Crippen MR) is 49.2 cm³/mol. The molecule has 0 aliphatic rings. The average Bonchev–Trinajstić information content (AvgIpc) is 1.98. The molecule has 0 unspecified atom stereocenters. The normalized spacial score (nSPS) is 11.7. The fourth-order valence-corrected chi connectivity index (χ4v) is 1.94. The summed E-state index contributed by atoms with van der Waals surface area (Å²) in [6.45, 7) is 1.57. The van der Waals surface area contributed by atoms with Gasteiger partial charge < -0.3 is 0 Å². The van der Waals surface area contributed by atoms with Crippen molar-refractivity contribution in [1.29, 1.82) is 0 Å². The van der Waals surface area contributed by atoms with E-state index < -0.39 is 19.8 Å². The third-order valence-corrected chi connectivity index (χ3v) is 3.31. The summed E-state index contributed by atoms with van der Waals surface area (Å²) in [5.74, 6) is -1.00. The number of halogens is 3. The zero-order valence-electron chi connectivity index (χ0n) is 6.51. The van der Waals surface area contributed by atoms with Crippen LogP contribution in [0.25, 0.3) is 0 Å². The van der Waals surface area contributed by atoms with Gasteiger partial charge in [0, 0.05) is 10.7 Å². The summed E-state index contributed by atoms with van der Waals surface area (Å²) in [4.78, 5) is -0.593. The lowest BCUT2D eigenvalue weighted by Crippen LogP contribution is -1.96. The van der Waals surface area contributed by atoms with Crippen LogP contribution in [-0.2, 0) is 9.05 Å². The summed E-state index contributed by atoms with van der Waals surface area (Å²) in [6.07, 6.45) is 0. The lowest BCUT2D eigenvalue weighted by Gasteiger charge is -2.02. The molecule has 0 spiro atoms. The summed E-state index contributed by atoms with van der Waals surface area (Å²) in [5.41, 5.74) is 0.461. The van der Waals surface area contributed by atoms with E-state index in [0.717, 1.165) is 6.07 Å². The van der Waals surface area contributed by atoms with Gasteiger partial charge in [0.2, 0.25) is 0 Å². The highest BCUT2D eigenvalue weighted by atomic mass is 35.7. The average molecular weight is 243 g/mol. The van der Waals surface area contributed by atoms with Crippen LogP contribution in [0.2, 0.25) is 5.02 Å². The molecule has 0 bridgehead atoms. The van der Waals surface area contributed by atoms with E-state index in [1.807, 2.05) is 0 Å². The van der Waals surface area contributed by atoms with E-state index in [1.54, 1.807) is 6.92 Å². The molecule has 0 aliphatic carbocycles. The van der Waals surface area contributed by atoms with Gasteiger partial charge in [0.1, 0.15) is 4.90 Å². The highest BCUT2D eigenvalue weighted by molar-refractivity contribution is 8.13. The first-order valence-corrected chi connectivity index (χ1v) is 5.92. The summed E-state index contributed by atoms with van der Waals surface area (Å²) >= 11 is 5.49. The number of hydrogen-bond donors (Lipinski definition) is 0. The SMILES string of the molecule is Cc1ccc(S(=O)(=O)Cl)c(F)c1Cl. The van der Waals surface area contributed by atoms with E-state index in [2.05, 4.69) is 0 Å². The molecule has 2 nitrogen and oxygen atoms in total. The van der Waals surface area contributed by atoms with Crippen molar-refractivity contribution in [1.82, 2.24) is 0 Å². The van der Waals surface area contributed by atoms with Crippen molar-refractivity contribution in [2.24, 2.45) is 0 Å². The second-order valence-electron chi connectivity index (χ2n) is 2.45. The van der Waals surface area contributed by atoms with Crippen LogP contribution in [0.3, 0.4) is 0 Å². The molecule has 1 rings (SSSR count). The molecule has 0 atom stereocenters. The molecule has 1 aromatic rings. The van der Waals surface area contributed by atoms with Crippen LogP contribution >= 0.6 is 22.3 Å². The summed E-state index contributed by atoms with van der Waals surface area (Å²) in [5, 5.41) is -0.221. The molecule has 1 aromatic carbocycles. The number of benzene rings is 1. The van der Waals surface area contributed by atoms with Crippen molar-refractivity contribution in [3.05, 3.63) is 28.5 Å². The van der Waals surface area contributed by atoms with Gasteiger partial charge in [-0.2, -0.15) is 0 Å². The van der Waals surface area contributed by atoms with Crippen molar-refractivity contribution < 1.29 is 12.8 Å². The first-order chi connectivity index (χ1) is 5.84. The van der Waals surface area contributed by atoms with Crippen LogP contribution in [-0.4, -0.2) is 8.42 Å². The zero-order chi connectivity index (χ0) is 10.2. The van der Waals surface area contributed by atoms with E-state index in [0.29, 0.717) is 5.56 Å². The van der Waals surface area contributed by atoms with Crippen LogP contribution in [0.5, 0.6) is 0 Å². The molecular weight excluding hydrogens is 238 g/mol. The Bertz CT molecular complexity index is 442. The number of hydrogen-bond acceptors (Lipinski definition) is 2. The maximum atomic E-state index is 13.2. The first kappa shape index (κ1) is 10.8. The van der Waals surface area contributed by atoms with Gasteiger partial charge in [-0.05, 0) is 18.6 Å². The molecule has 0 aliphatic heterocycles. The largest absolute Gasteiger partial charge is 0.264 e. The van der Waals surface area contributed by atoms with E-state index in [4.69, 9.17) is 22.3 Å². The van der Waals surface area contributed by atoms with Crippen molar-refractivity contribution in [2.75, 3.05) is 0 Å². The summed E-state index contributed by atoms with van der Waals surface area (Å²) in [6, 6.07) is 2.47. The van der Waals surface area contributed by atoms with Crippen LogP contribution in [0.4, 0.5) is 4.39 Å². The molecule has 0 saturated heterocycles. The third-order valence-electron chi connectivity index (χ3n) is 1.50. The van der Waals surface area contributed by atoms with Crippen LogP contribution in [0.15, 0.2) is 17.0 Å². The molecule has 0 amide bonds. The van der Waals surface area contributed by atoms with Crippen molar-refractivity contribution in [3.8, 4) is 0 Å². The van der Waals surface area contributed by atoms with E-state index in [-0.39, 0.29) is 5.02 Å². The number of aryl methyl sites for hydroxylation is 1. The highest BCUT2D eigenvalue weighted by Gasteiger charge is 2.19. The minimum Gasteiger partial charge on any atom is -0.207 e. The van der Waals surface area contributed by atoms with E-state index in [1.165, 1.54) is 6.07 Å². The third kappa shape index (κ3) is 2.13. The molecule has 6 heteroatoms. The highest BCUT2D eigenvalue weighted by Crippen LogP contribution is 2.27. The Kier molecular flexibility index (Phi) is 2.85. The Morgan fingerprint density at radius 1 is 1.38 bits per heavy atom. The Balaban J connectivity index is 3.53. The van der Waals surface area contributed by atoms with Crippen molar-refractivity contribution >= 4 is 31.3 Å². The zero-order valence-corrected chi connectivity index (χ0v) is 8.84. The molecule has 13 heavy (non-hydrogen) atoms. The van der Waals surface area contributed by atoms with E-state index >= 15 is 0 Å². The molecule has 0 heterocycles. The molecular formula is C7H5Cl2FO2S. The van der Waals surface area contributed by atoms with E-state index in [9.17, 15) is 12.8 Å². The smallest absolute Gasteiger partial charge is 0.207 e. The van der Waals surface area contributed by atoms with Crippen molar-refractivity contribution in [3.63, 3.8) is 0 Å². The molecule has 0 radical (unpaired) electrons. The predicted octanol–water partition coefficient (Wildman–Crippen LogP) is 2.72. The standard InChI is InChI=1S/C7H5Cl2FO2S/c1-4-2-3-5(13(9,11)12)7(10)6(4)8/h2-3H,1H3.